The Balaban J connectivity index is 1.71. The molecule has 2 N–H and O–H groups in total. The lowest BCUT2D eigenvalue weighted by Gasteiger charge is -2.32. The maximum Gasteiger partial charge on any atom is 0.343 e. The van der Waals surface area contributed by atoms with Gasteiger partial charge in [-0.1, -0.05) is 61.7 Å². The molecule has 5 rings (SSSR count). The molecule has 1 aliphatic heterocycles. The standard InChI is InChI=1S/C35H40N8O2/c1-7-12-26(20-37-5)31-30-33(36)38-22-39-34(30)43(40-31)23(4)32-29(27-13-10-11-14-28(27)35(44)45-32)25(9-3)19-24(8-2)21-42-17-15-41(6)16-18-42/h7-14,19-20,22-23H,1-2,15-18,21H2,3-6H3,(H2,36,38,39)/b24-19+,25-9+,26-12+,37-20-. The molecule has 1 atom stereocenters. The van der Waals surface area contributed by atoms with Crippen molar-refractivity contribution in [3.8, 4) is 0 Å². The van der Waals surface area contributed by atoms with Crippen LogP contribution in [0.3, 0.4) is 0 Å². The molecule has 1 aliphatic rings. The molecule has 1 fully saturated rings. The van der Waals surface area contributed by atoms with Crippen molar-refractivity contribution in [2.45, 2.75) is 19.9 Å². The second kappa shape index (κ2) is 13.8. The molecule has 10 nitrogen and oxygen atoms in total. The summed E-state index contributed by atoms with van der Waals surface area (Å²) in [6.07, 6.45) is 12.6. The van der Waals surface area contributed by atoms with Crippen molar-refractivity contribution in [3.63, 3.8) is 0 Å². The van der Waals surface area contributed by atoms with Crippen LogP contribution in [0.2, 0.25) is 0 Å². The number of likely N-dealkylation sites (N-methyl/N-ethyl adjacent to an activating group) is 1. The Morgan fingerprint density at radius 1 is 1.13 bits per heavy atom. The molecule has 4 aromatic rings. The fraction of sp³-hybridized carbons (Fsp3) is 0.286. The average molecular weight is 605 g/mol. The van der Waals surface area contributed by atoms with Crippen LogP contribution in [-0.4, -0.2) is 82.6 Å². The summed E-state index contributed by atoms with van der Waals surface area (Å²) in [5, 5.41) is 6.84. The van der Waals surface area contributed by atoms with E-state index in [0.717, 1.165) is 54.8 Å². The highest BCUT2D eigenvalue weighted by molar-refractivity contribution is 6.15. The number of hydrogen-bond acceptors (Lipinski definition) is 9. The summed E-state index contributed by atoms with van der Waals surface area (Å²) >= 11 is 0. The Kier molecular flexibility index (Phi) is 9.65. The van der Waals surface area contributed by atoms with Crippen LogP contribution in [0, 0.1) is 0 Å². The largest absolute Gasteiger partial charge is 0.424 e. The van der Waals surface area contributed by atoms with Crippen molar-refractivity contribution in [2.75, 3.05) is 52.6 Å². The minimum Gasteiger partial charge on any atom is -0.424 e. The molecule has 0 radical (unpaired) electrons. The fourth-order valence-corrected chi connectivity index (χ4v) is 5.77. The van der Waals surface area contributed by atoms with E-state index in [4.69, 9.17) is 15.2 Å². The summed E-state index contributed by atoms with van der Waals surface area (Å²) in [6.45, 7) is 16.7. The van der Waals surface area contributed by atoms with Gasteiger partial charge in [0.2, 0.25) is 0 Å². The number of nitrogen functional groups attached to an aromatic ring is 1. The summed E-state index contributed by atoms with van der Waals surface area (Å²) in [6, 6.07) is 6.97. The second-order valence-corrected chi connectivity index (χ2v) is 11.1. The first kappa shape index (κ1) is 31.5. The van der Waals surface area contributed by atoms with Crippen molar-refractivity contribution in [1.82, 2.24) is 29.5 Å². The number of hydrogen-bond donors (Lipinski definition) is 1. The third-order valence-corrected chi connectivity index (χ3v) is 8.17. The van der Waals surface area contributed by atoms with Gasteiger partial charge in [-0.05, 0) is 38.1 Å². The van der Waals surface area contributed by atoms with E-state index < -0.39 is 11.7 Å². The van der Waals surface area contributed by atoms with E-state index in [1.807, 2.05) is 44.2 Å². The van der Waals surface area contributed by atoms with Crippen LogP contribution >= 0.6 is 0 Å². The van der Waals surface area contributed by atoms with Gasteiger partial charge < -0.3 is 15.1 Å². The van der Waals surface area contributed by atoms with Crippen molar-refractivity contribution < 1.29 is 4.42 Å². The smallest absolute Gasteiger partial charge is 0.343 e. The van der Waals surface area contributed by atoms with Gasteiger partial charge in [-0.3, -0.25) is 9.89 Å². The molecule has 0 spiro atoms. The number of benzene rings is 1. The first-order valence-corrected chi connectivity index (χ1v) is 15.0. The molecule has 0 aliphatic carbocycles. The van der Waals surface area contributed by atoms with Gasteiger partial charge in [-0.25, -0.2) is 19.4 Å². The van der Waals surface area contributed by atoms with Gasteiger partial charge in [0.25, 0.3) is 0 Å². The van der Waals surface area contributed by atoms with Gasteiger partial charge in [0, 0.05) is 62.5 Å². The third kappa shape index (κ3) is 6.33. The number of rotatable bonds is 10. The first-order valence-electron chi connectivity index (χ1n) is 15.0. The van der Waals surface area contributed by atoms with Gasteiger partial charge in [0.15, 0.2) is 5.65 Å². The van der Waals surface area contributed by atoms with E-state index in [1.54, 1.807) is 36.2 Å². The Morgan fingerprint density at radius 3 is 2.53 bits per heavy atom. The lowest BCUT2D eigenvalue weighted by Crippen LogP contribution is -2.44. The minimum absolute atomic E-state index is 0.282. The van der Waals surface area contributed by atoms with Crippen LogP contribution in [0.15, 0.2) is 93.9 Å². The molecular weight excluding hydrogens is 564 g/mol. The molecule has 0 bridgehead atoms. The predicted octanol–water partition coefficient (Wildman–Crippen LogP) is 5.16. The lowest BCUT2D eigenvalue weighted by molar-refractivity contribution is 0.165. The summed E-state index contributed by atoms with van der Waals surface area (Å²) in [5.74, 6) is 0.738. The van der Waals surface area contributed by atoms with E-state index >= 15 is 0 Å². The van der Waals surface area contributed by atoms with Crippen LogP contribution in [0.4, 0.5) is 5.82 Å². The number of aromatic nitrogens is 4. The molecular formula is C35H40N8O2. The van der Waals surface area contributed by atoms with Crippen molar-refractivity contribution in [2.24, 2.45) is 4.99 Å². The molecule has 1 unspecified atom stereocenters. The molecule has 232 valence electrons. The van der Waals surface area contributed by atoms with Crippen LogP contribution in [-0.2, 0) is 0 Å². The van der Waals surface area contributed by atoms with E-state index in [-0.39, 0.29) is 5.82 Å². The summed E-state index contributed by atoms with van der Waals surface area (Å²) in [7, 11) is 3.83. The Bertz CT molecular complexity index is 1920. The van der Waals surface area contributed by atoms with Crippen LogP contribution in [0.1, 0.15) is 36.9 Å². The highest BCUT2D eigenvalue weighted by Crippen LogP contribution is 2.36. The van der Waals surface area contributed by atoms with Crippen LogP contribution in [0.5, 0.6) is 0 Å². The maximum atomic E-state index is 13.4. The molecule has 0 saturated carbocycles. The van der Waals surface area contributed by atoms with Gasteiger partial charge >= 0.3 is 5.63 Å². The van der Waals surface area contributed by atoms with Crippen LogP contribution in [0.25, 0.3) is 33.0 Å². The van der Waals surface area contributed by atoms with Gasteiger partial charge in [0.05, 0.1) is 10.8 Å². The molecule has 3 aromatic heterocycles. The quantitative estimate of drug-likeness (QED) is 0.195. The number of piperazine rings is 1. The van der Waals surface area contributed by atoms with Gasteiger partial charge in [0.1, 0.15) is 29.6 Å². The van der Waals surface area contributed by atoms with Crippen molar-refractivity contribution in [3.05, 3.63) is 107 Å². The van der Waals surface area contributed by atoms with E-state index in [1.165, 1.54) is 6.33 Å². The topological polar surface area (TPSA) is 119 Å². The monoisotopic (exact) mass is 604 g/mol. The number of aliphatic imine (C=N–C) groups is 1. The van der Waals surface area contributed by atoms with E-state index in [2.05, 4.69) is 51.0 Å². The fourth-order valence-electron chi connectivity index (χ4n) is 5.77. The SMILES string of the molecule is C=C/C=C(\C=N/C)c1nn(C(C)c2oc(=O)c3ccccc3c2C(/C=C(\C=C)CN2CCN(C)CC2)=C/C)c2ncnc(N)c12. The molecule has 45 heavy (non-hydrogen) atoms. The zero-order valence-electron chi connectivity index (χ0n) is 26.4. The van der Waals surface area contributed by atoms with Gasteiger partial charge in [-0.2, -0.15) is 5.10 Å². The number of allylic oxidation sites excluding steroid dienone is 6. The van der Waals surface area contributed by atoms with Crippen LogP contribution < -0.4 is 11.4 Å². The second-order valence-electron chi connectivity index (χ2n) is 11.1. The third-order valence-electron chi connectivity index (χ3n) is 8.17. The van der Waals surface area contributed by atoms with E-state index in [9.17, 15) is 4.79 Å². The number of fused-ring (bicyclic) bond motifs is 2. The molecule has 4 heterocycles. The van der Waals surface area contributed by atoms with Crippen molar-refractivity contribution in [1.29, 1.82) is 0 Å². The molecule has 1 aromatic carbocycles. The van der Waals surface area contributed by atoms with Crippen molar-refractivity contribution >= 4 is 45.0 Å². The average Bonchev–Trinajstić information content (AvgIpc) is 3.45. The highest BCUT2D eigenvalue weighted by Gasteiger charge is 2.27. The molecule has 0 amide bonds. The lowest BCUT2D eigenvalue weighted by atomic mass is 9.94. The number of nitrogens with zero attached hydrogens (tertiary/aromatic N) is 7. The summed E-state index contributed by atoms with van der Waals surface area (Å²) in [4.78, 5) is 31.2. The Labute approximate surface area is 263 Å². The Morgan fingerprint density at radius 2 is 1.87 bits per heavy atom. The molecule has 10 heteroatoms. The maximum absolute atomic E-state index is 13.4. The zero-order valence-corrected chi connectivity index (χ0v) is 26.4. The van der Waals surface area contributed by atoms with E-state index in [0.29, 0.717) is 33.4 Å². The first-order chi connectivity index (χ1) is 21.8. The molecule has 1 saturated heterocycles. The number of anilines is 1. The highest BCUT2D eigenvalue weighted by atomic mass is 16.4. The number of nitrogens with two attached hydrogens (primary N) is 1. The summed E-state index contributed by atoms with van der Waals surface area (Å²) in [5.41, 5.74) is 10.5. The minimum atomic E-state index is -0.556. The summed E-state index contributed by atoms with van der Waals surface area (Å²) < 4.78 is 7.91. The zero-order chi connectivity index (χ0) is 32.1. The predicted molar refractivity (Wildman–Crippen MR) is 184 cm³/mol. The normalized spacial score (nSPS) is 16.6. The Hall–Kier alpha value is -4.93. The van der Waals surface area contributed by atoms with Gasteiger partial charge in [-0.15, -0.1) is 0 Å².